The minimum atomic E-state index is -1.23. The van der Waals surface area contributed by atoms with Crippen molar-refractivity contribution in [2.45, 2.75) is 113 Å². The molecule has 0 saturated heterocycles. The highest BCUT2D eigenvalue weighted by Gasteiger charge is 2.48. The Morgan fingerprint density at radius 1 is 0.548 bits per heavy atom. The minimum absolute atomic E-state index is 0.109. The van der Waals surface area contributed by atoms with E-state index in [1.807, 2.05) is 18.2 Å². The summed E-state index contributed by atoms with van der Waals surface area (Å²) in [5.41, 5.74) is -2.93. The molecule has 3 aliphatic carbocycles. The summed E-state index contributed by atoms with van der Waals surface area (Å²) < 4.78 is 0. The number of rotatable bonds is 4. The first-order valence-electron chi connectivity index (χ1n) is 12.1. The van der Waals surface area contributed by atoms with Gasteiger partial charge in [0, 0.05) is 5.56 Å². The summed E-state index contributed by atoms with van der Waals surface area (Å²) in [6.07, 6.45) is 12.2. The van der Waals surface area contributed by atoms with Crippen LogP contribution in [0.25, 0.3) is 0 Å². The SMILES string of the molecule is O=C(C1(O)CCCCC1)C1(O)CCCCC1.O=C(c1ccccc1)C1(O)CCCCC1. The summed E-state index contributed by atoms with van der Waals surface area (Å²) in [5, 5.41) is 30.9. The lowest BCUT2D eigenvalue weighted by Crippen LogP contribution is -2.54. The van der Waals surface area contributed by atoms with Crippen LogP contribution in [0.3, 0.4) is 0 Å². The van der Waals surface area contributed by atoms with Gasteiger partial charge in [0.05, 0.1) is 0 Å². The number of benzene rings is 1. The maximum absolute atomic E-state index is 12.3. The maximum Gasteiger partial charge on any atom is 0.195 e. The van der Waals surface area contributed by atoms with Crippen LogP contribution in [0.4, 0.5) is 0 Å². The standard InChI is InChI=1S/C13H22O3.C13H16O2/c14-11(12(15)7-3-1-4-8-12)13(16)9-5-2-6-10-13;14-12(11-7-3-1-4-8-11)13(15)9-5-2-6-10-13/h15-16H,1-10H2;1,3-4,7-8,15H,2,5-6,9-10H2. The highest BCUT2D eigenvalue weighted by Crippen LogP contribution is 2.38. The van der Waals surface area contributed by atoms with Crippen molar-refractivity contribution in [1.29, 1.82) is 0 Å². The molecule has 0 radical (unpaired) electrons. The number of hydrogen-bond donors (Lipinski definition) is 3. The van der Waals surface area contributed by atoms with Gasteiger partial charge in [-0.2, -0.15) is 0 Å². The lowest BCUT2D eigenvalue weighted by atomic mass is 9.71. The van der Waals surface area contributed by atoms with Crippen LogP contribution in [0.15, 0.2) is 30.3 Å². The minimum Gasteiger partial charge on any atom is -0.382 e. The molecule has 3 N–H and O–H groups in total. The normalized spacial score (nSPS) is 24.4. The van der Waals surface area contributed by atoms with Crippen molar-refractivity contribution in [1.82, 2.24) is 0 Å². The predicted molar refractivity (Wildman–Crippen MR) is 120 cm³/mol. The second-order valence-corrected chi connectivity index (χ2v) is 9.80. The fourth-order valence-corrected chi connectivity index (χ4v) is 5.38. The average Bonchev–Trinajstić information content (AvgIpc) is 2.80. The summed E-state index contributed by atoms with van der Waals surface area (Å²) in [4.78, 5) is 24.4. The molecule has 5 nitrogen and oxygen atoms in total. The molecule has 4 rings (SSSR count). The number of carbonyl (C=O) groups is 2. The number of ketones is 2. The van der Waals surface area contributed by atoms with Crippen LogP contribution in [-0.2, 0) is 4.79 Å². The van der Waals surface area contributed by atoms with Crippen LogP contribution >= 0.6 is 0 Å². The highest BCUT2D eigenvalue weighted by atomic mass is 16.3. The Bertz CT molecular complexity index is 697. The van der Waals surface area contributed by atoms with E-state index in [0.29, 0.717) is 44.1 Å². The molecule has 0 spiro atoms. The summed E-state index contributed by atoms with van der Waals surface area (Å²) in [6, 6.07) is 9.09. The van der Waals surface area contributed by atoms with Crippen LogP contribution in [0.1, 0.15) is 107 Å². The Hall–Kier alpha value is -1.56. The molecule has 1 aromatic carbocycles. The van der Waals surface area contributed by atoms with Crippen molar-refractivity contribution in [2.75, 3.05) is 0 Å². The Morgan fingerprint density at radius 2 is 0.903 bits per heavy atom. The molecule has 0 aromatic heterocycles. The average molecular weight is 431 g/mol. The fraction of sp³-hybridized carbons (Fsp3) is 0.692. The van der Waals surface area contributed by atoms with Gasteiger partial charge in [-0.3, -0.25) is 9.59 Å². The highest BCUT2D eigenvalue weighted by molar-refractivity contribution is 6.02. The summed E-state index contributed by atoms with van der Waals surface area (Å²) in [5.74, 6) is -0.401. The predicted octanol–water partition coefficient (Wildman–Crippen LogP) is 4.51. The first kappa shape index (κ1) is 24.1. The van der Waals surface area contributed by atoms with Crippen molar-refractivity contribution < 1.29 is 24.9 Å². The Balaban J connectivity index is 0.000000176. The van der Waals surface area contributed by atoms with Gasteiger partial charge < -0.3 is 15.3 Å². The molecular weight excluding hydrogens is 392 g/mol. The molecule has 172 valence electrons. The van der Waals surface area contributed by atoms with Gasteiger partial charge in [0.2, 0.25) is 0 Å². The third-order valence-electron chi connectivity index (χ3n) is 7.35. The Labute approximate surface area is 185 Å². The number of carbonyl (C=O) groups excluding carboxylic acids is 2. The van der Waals surface area contributed by atoms with Gasteiger partial charge in [-0.1, -0.05) is 88.1 Å². The van der Waals surface area contributed by atoms with Gasteiger partial charge in [-0.15, -0.1) is 0 Å². The van der Waals surface area contributed by atoms with Crippen LogP contribution < -0.4 is 0 Å². The van der Waals surface area contributed by atoms with E-state index in [2.05, 4.69) is 0 Å². The largest absolute Gasteiger partial charge is 0.382 e. The smallest absolute Gasteiger partial charge is 0.195 e. The molecule has 0 aliphatic heterocycles. The van der Waals surface area contributed by atoms with E-state index in [4.69, 9.17) is 0 Å². The van der Waals surface area contributed by atoms with Gasteiger partial charge >= 0.3 is 0 Å². The molecule has 3 saturated carbocycles. The molecule has 0 heterocycles. The molecule has 0 amide bonds. The maximum atomic E-state index is 12.3. The molecule has 0 unspecified atom stereocenters. The quantitative estimate of drug-likeness (QED) is 0.611. The third-order valence-corrected chi connectivity index (χ3v) is 7.35. The van der Waals surface area contributed by atoms with E-state index in [-0.39, 0.29) is 11.6 Å². The van der Waals surface area contributed by atoms with Gasteiger partial charge in [0.25, 0.3) is 0 Å². The fourth-order valence-electron chi connectivity index (χ4n) is 5.38. The molecule has 0 atom stereocenters. The molecule has 3 fully saturated rings. The first-order chi connectivity index (χ1) is 14.8. The summed E-state index contributed by atoms with van der Waals surface area (Å²) in [7, 11) is 0. The molecule has 1 aromatic rings. The zero-order valence-corrected chi connectivity index (χ0v) is 18.7. The molecule has 31 heavy (non-hydrogen) atoms. The van der Waals surface area contributed by atoms with E-state index in [0.717, 1.165) is 57.8 Å². The molecule has 3 aliphatic rings. The van der Waals surface area contributed by atoms with Crippen molar-refractivity contribution >= 4 is 11.6 Å². The Morgan fingerprint density at radius 3 is 1.29 bits per heavy atom. The van der Waals surface area contributed by atoms with E-state index in [1.165, 1.54) is 0 Å². The van der Waals surface area contributed by atoms with E-state index in [9.17, 15) is 24.9 Å². The summed E-state index contributed by atoms with van der Waals surface area (Å²) in [6.45, 7) is 0. The zero-order valence-electron chi connectivity index (χ0n) is 18.7. The summed E-state index contributed by atoms with van der Waals surface area (Å²) >= 11 is 0. The van der Waals surface area contributed by atoms with E-state index < -0.39 is 16.8 Å². The number of aliphatic hydroxyl groups is 3. The van der Waals surface area contributed by atoms with Gasteiger partial charge in [-0.25, -0.2) is 0 Å². The van der Waals surface area contributed by atoms with Gasteiger partial charge in [0.15, 0.2) is 11.6 Å². The second-order valence-electron chi connectivity index (χ2n) is 9.80. The van der Waals surface area contributed by atoms with Crippen LogP contribution in [0, 0.1) is 0 Å². The van der Waals surface area contributed by atoms with Crippen molar-refractivity contribution in [3.8, 4) is 0 Å². The topological polar surface area (TPSA) is 94.8 Å². The molecule has 5 heteroatoms. The lowest BCUT2D eigenvalue weighted by molar-refractivity contribution is -0.163. The van der Waals surface area contributed by atoms with Gasteiger partial charge in [-0.05, 0) is 38.5 Å². The van der Waals surface area contributed by atoms with E-state index >= 15 is 0 Å². The first-order valence-corrected chi connectivity index (χ1v) is 12.1. The van der Waals surface area contributed by atoms with Crippen molar-refractivity contribution in [3.05, 3.63) is 35.9 Å². The Kier molecular flexibility index (Phi) is 8.06. The van der Waals surface area contributed by atoms with E-state index in [1.54, 1.807) is 12.1 Å². The van der Waals surface area contributed by atoms with Crippen molar-refractivity contribution in [3.63, 3.8) is 0 Å². The second kappa shape index (κ2) is 10.4. The van der Waals surface area contributed by atoms with Gasteiger partial charge in [0.1, 0.15) is 16.8 Å². The van der Waals surface area contributed by atoms with Crippen LogP contribution in [-0.4, -0.2) is 43.7 Å². The third kappa shape index (κ3) is 5.82. The molecular formula is C26H38O5. The van der Waals surface area contributed by atoms with Crippen LogP contribution in [0.2, 0.25) is 0 Å². The van der Waals surface area contributed by atoms with Crippen LogP contribution in [0.5, 0.6) is 0 Å². The monoisotopic (exact) mass is 430 g/mol. The number of Topliss-reactive ketones (excluding diaryl/α,β-unsaturated/α-hetero) is 2. The number of hydrogen-bond acceptors (Lipinski definition) is 5. The van der Waals surface area contributed by atoms with Crippen molar-refractivity contribution in [2.24, 2.45) is 0 Å². The molecule has 0 bridgehead atoms. The lowest BCUT2D eigenvalue weighted by Gasteiger charge is -2.39. The zero-order chi connectivity index (χ0) is 22.4.